The van der Waals surface area contributed by atoms with Crippen LogP contribution < -0.4 is 0 Å². The lowest BCUT2D eigenvalue weighted by Gasteiger charge is -2.44. The summed E-state index contributed by atoms with van der Waals surface area (Å²) >= 11 is 0. The van der Waals surface area contributed by atoms with Crippen LogP contribution in [-0.4, -0.2) is 39.5 Å². The van der Waals surface area contributed by atoms with Crippen LogP contribution in [0.5, 0.6) is 0 Å². The zero-order chi connectivity index (χ0) is 14.7. The van der Waals surface area contributed by atoms with Crippen molar-refractivity contribution in [2.24, 2.45) is 5.92 Å². The van der Waals surface area contributed by atoms with E-state index in [0.29, 0.717) is 5.92 Å². The molecule has 2 aromatic heterocycles. The Balaban J connectivity index is 1.74. The molecule has 1 atom stereocenters. The molecule has 6 rings (SSSR count). The van der Waals surface area contributed by atoms with Crippen molar-refractivity contribution in [3.05, 3.63) is 35.8 Å². The normalized spacial score (nSPS) is 27.8. The van der Waals surface area contributed by atoms with Gasteiger partial charge in [0.1, 0.15) is 0 Å². The molecule has 0 aliphatic carbocycles. The first kappa shape index (κ1) is 12.6. The van der Waals surface area contributed by atoms with Crippen LogP contribution in [0.15, 0.2) is 24.5 Å². The summed E-state index contributed by atoms with van der Waals surface area (Å²) in [7, 11) is 0. The van der Waals surface area contributed by atoms with Gasteiger partial charge in [0.15, 0.2) is 0 Å². The Morgan fingerprint density at radius 3 is 2.77 bits per heavy atom. The zero-order valence-electron chi connectivity index (χ0n) is 12.8. The highest BCUT2D eigenvalue weighted by Gasteiger charge is 2.36. The minimum atomic E-state index is 0.626. The van der Waals surface area contributed by atoms with Crippen LogP contribution >= 0.6 is 0 Å². The van der Waals surface area contributed by atoms with E-state index in [-0.39, 0.29) is 0 Å². The Bertz CT molecular complexity index is 858. The molecule has 3 aromatic rings. The van der Waals surface area contributed by atoms with Gasteiger partial charge in [-0.05, 0) is 56.5 Å². The van der Waals surface area contributed by atoms with E-state index in [1.165, 1.54) is 43.4 Å². The summed E-state index contributed by atoms with van der Waals surface area (Å²) in [6.07, 6.45) is 6.70. The summed E-state index contributed by atoms with van der Waals surface area (Å²) in [4.78, 5) is 15.4. The van der Waals surface area contributed by atoms with E-state index in [0.717, 1.165) is 28.2 Å². The summed E-state index contributed by atoms with van der Waals surface area (Å²) in [6, 6.07) is 4.23. The predicted molar refractivity (Wildman–Crippen MR) is 88.0 cm³/mol. The molecule has 0 saturated carbocycles. The fourth-order valence-electron chi connectivity index (χ4n) is 4.42. The maximum atomic E-state index is 4.71. The number of nitrogens with one attached hydrogen (secondary N) is 1. The molecule has 3 aliphatic heterocycles. The predicted octanol–water partition coefficient (Wildman–Crippen LogP) is 3.23. The maximum absolute atomic E-state index is 4.71. The highest BCUT2D eigenvalue weighted by Crippen LogP contribution is 2.42. The van der Waals surface area contributed by atoms with E-state index in [1.54, 1.807) is 0 Å². The van der Waals surface area contributed by atoms with Crippen LogP contribution in [0.3, 0.4) is 0 Å². The monoisotopic (exact) mass is 292 g/mol. The number of H-pyrrole nitrogens is 1. The first-order valence-electron chi connectivity index (χ1n) is 8.25. The van der Waals surface area contributed by atoms with Gasteiger partial charge in [-0.2, -0.15) is 0 Å². The zero-order valence-corrected chi connectivity index (χ0v) is 12.8. The van der Waals surface area contributed by atoms with Crippen molar-refractivity contribution in [2.45, 2.75) is 25.7 Å². The van der Waals surface area contributed by atoms with Crippen molar-refractivity contribution in [1.29, 1.82) is 0 Å². The summed E-state index contributed by atoms with van der Waals surface area (Å²) in [5.41, 5.74) is 5.79. The first-order valence-corrected chi connectivity index (χ1v) is 8.25. The van der Waals surface area contributed by atoms with Gasteiger partial charge >= 0.3 is 0 Å². The maximum Gasteiger partial charge on any atom is 0.0962 e. The van der Waals surface area contributed by atoms with Crippen molar-refractivity contribution < 1.29 is 0 Å². The van der Waals surface area contributed by atoms with Gasteiger partial charge in [-0.15, -0.1) is 0 Å². The number of aromatic amines is 1. The highest BCUT2D eigenvalue weighted by molar-refractivity contribution is 6.04. The van der Waals surface area contributed by atoms with Crippen LogP contribution in [0.1, 0.15) is 30.0 Å². The molecular formula is C18H20N4. The second-order valence-corrected chi connectivity index (χ2v) is 6.88. The van der Waals surface area contributed by atoms with Gasteiger partial charge in [-0.25, -0.2) is 0 Å². The van der Waals surface area contributed by atoms with E-state index >= 15 is 0 Å². The van der Waals surface area contributed by atoms with Crippen LogP contribution in [0, 0.1) is 12.8 Å². The van der Waals surface area contributed by atoms with Gasteiger partial charge in [-0.3, -0.25) is 9.97 Å². The molecule has 3 fully saturated rings. The first-order chi connectivity index (χ1) is 10.8. The van der Waals surface area contributed by atoms with Crippen molar-refractivity contribution in [2.75, 3.05) is 19.6 Å². The largest absolute Gasteiger partial charge is 0.356 e. The lowest BCUT2D eigenvalue weighted by atomic mass is 9.75. The molecule has 1 N–H and O–H groups in total. The molecule has 3 aliphatic rings. The third-order valence-corrected chi connectivity index (χ3v) is 5.56. The molecule has 0 amide bonds. The average molecular weight is 292 g/mol. The van der Waals surface area contributed by atoms with Crippen molar-refractivity contribution in [1.82, 2.24) is 19.9 Å². The number of benzene rings is 1. The molecule has 3 saturated heterocycles. The fraction of sp³-hybridized carbons (Fsp3) is 0.444. The van der Waals surface area contributed by atoms with Crippen LogP contribution in [0.4, 0.5) is 0 Å². The highest BCUT2D eigenvalue weighted by atomic mass is 15.1. The van der Waals surface area contributed by atoms with Gasteiger partial charge < -0.3 is 9.88 Å². The third kappa shape index (κ3) is 1.73. The van der Waals surface area contributed by atoms with E-state index in [4.69, 9.17) is 4.98 Å². The van der Waals surface area contributed by atoms with Gasteiger partial charge in [-0.1, -0.05) is 0 Å². The number of hydrogen-bond donors (Lipinski definition) is 1. The van der Waals surface area contributed by atoms with E-state index in [1.807, 2.05) is 13.1 Å². The number of hydrogen-bond acceptors (Lipinski definition) is 3. The molecule has 4 nitrogen and oxygen atoms in total. The molecule has 0 radical (unpaired) electrons. The minimum absolute atomic E-state index is 0.626. The molecule has 1 unspecified atom stereocenters. The summed E-state index contributed by atoms with van der Waals surface area (Å²) in [6.45, 7) is 5.80. The lowest BCUT2D eigenvalue weighted by molar-refractivity contribution is 0.0877. The van der Waals surface area contributed by atoms with E-state index in [2.05, 4.69) is 33.2 Å². The summed E-state index contributed by atoms with van der Waals surface area (Å²) in [5.74, 6) is 1.45. The van der Waals surface area contributed by atoms with Crippen LogP contribution in [0.25, 0.3) is 21.9 Å². The van der Waals surface area contributed by atoms with Gasteiger partial charge in [0.25, 0.3) is 0 Å². The van der Waals surface area contributed by atoms with Crippen molar-refractivity contribution >= 4 is 21.9 Å². The standard InChI is InChI=1S/C18H20N4/c1-11-8-20-18-16(21-11)3-2-15-17(18)13(9-19-15)14-10-22-6-4-12(14)5-7-22/h2-3,8-9,12,14,21H,4-7,10H2,1H3. The van der Waals surface area contributed by atoms with E-state index in [9.17, 15) is 0 Å². The summed E-state index contributed by atoms with van der Waals surface area (Å²) in [5, 5.41) is 1.27. The Morgan fingerprint density at radius 1 is 1.14 bits per heavy atom. The van der Waals surface area contributed by atoms with Crippen molar-refractivity contribution in [3.8, 4) is 0 Å². The Hall–Kier alpha value is -1.94. The lowest BCUT2D eigenvalue weighted by Crippen LogP contribution is -2.46. The van der Waals surface area contributed by atoms with Gasteiger partial charge in [0, 0.05) is 35.9 Å². The molecule has 22 heavy (non-hydrogen) atoms. The summed E-state index contributed by atoms with van der Waals surface area (Å²) < 4.78 is 0. The molecule has 0 spiro atoms. The number of fused-ring (bicyclic) bond motifs is 6. The second-order valence-electron chi connectivity index (χ2n) is 6.88. The molecule has 1 aromatic carbocycles. The Kier molecular flexibility index (Phi) is 2.59. The molecule has 4 heteroatoms. The molecule has 5 heterocycles. The SMILES string of the molecule is Cc1cnc2c(ccc3ncc(C4CN5CCC4CC5)c32)[nH]1. The molecule has 112 valence electrons. The average Bonchev–Trinajstić information content (AvgIpc) is 3.00. The topological polar surface area (TPSA) is 44.8 Å². The molecular weight excluding hydrogens is 272 g/mol. The van der Waals surface area contributed by atoms with Gasteiger partial charge in [0.2, 0.25) is 0 Å². The number of piperidine rings is 3. The number of aromatic nitrogens is 3. The second kappa shape index (κ2) is 4.53. The number of rotatable bonds is 1. The van der Waals surface area contributed by atoms with Crippen molar-refractivity contribution in [3.63, 3.8) is 0 Å². The van der Waals surface area contributed by atoms with Crippen LogP contribution in [-0.2, 0) is 0 Å². The Labute approximate surface area is 129 Å². The molecule has 2 bridgehead atoms. The smallest absolute Gasteiger partial charge is 0.0962 e. The number of aryl methyl sites for hydroxylation is 1. The fourth-order valence-corrected chi connectivity index (χ4v) is 4.42. The number of nitrogens with zero attached hydrogens (tertiary/aromatic N) is 3. The quantitative estimate of drug-likeness (QED) is 0.749. The Morgan fingerprint density at radius 2 is 2.00 bits per heavy atom. The van der Waals surface area contributed by atoms with E-state index < -0.39 is 0 Å². The van der Waals surface area contributed by atoms with Crippen LogP contribution in [0.2, 0.25) is 0 Å². The van der Waals surface area contributed by atoms with Gasteiger partial charge in [0.05, 0.1) is 16.6 Å². The minimum Gasteiger partial charge on any atom is -0.356 e. The third-order valence-electron chi connectivity index (χ3n) is 5.56.